The molecule has 0 aromatic heterocycles. The van der Waals surface area contributed by atoms with Crippen LogP contribution in [0.1, 0.15) is 18.8 Å². The zero-order chi connectivity index (χ0) is 13.9. The average Bonchev–Trinajstić information content (AvgIpc) is 2.51. The van der Waals surface area contributed by atoms with E-state index < -0.39 is 0 Å². The monoisotopic (exact) mass is 275 g/mol. The third-order valence-corrected chi connectivity index (χ3v) is 3.94. The van der Waals surface area contributed by atoms with E-state index in [4.69, 9.17) is 19.7 Å². The van der Waals surface area contributed by atoms with Gasteiger partial charge in [0.1, 0.15) is 6.10 Å². The molecule has 20 heavy (non-hydrogen) atoms. The van der Waals surface area contributed by atoms with Gasteiger partial charge in [-0.05, 0) is 11.4 Å². The number of nitrogens with zero attached hydrogens (tertiary/aromatic N) is 3. The molecular weight excluding hydrogens is 258 g/mol. The third kappa shape index (κ3) is 2.51. The van der Waals surface area contributed by atoms with E-state index in [2.05, 4.69) is 10.0 Å². The molecule has 0 saturated carbocycles. The molecule has 1 aromatic rings. The third-order valence-electron chi connectivity index (χ3n) is 3.94. The molecule has 6 heteroatoms. The van der Waals surface area contributed by atoms with Gasteiger partial charge in [0.25, 0.3) is 0 Å². The molecule has 2 aliphatic rings. The van der Waals surface area contributed by atoms with Gasteiger partial charge in [-0.15, -0.1) is 0 Å². The second-order valence-corrected chi connectivity index (χ2v) is 5.18. The molecule has 0 aliphatic carbocycles. The highest BCUT2D eigenvalue weighted by molar-refractivity contribution is 5.16. The van der Waals surface area contributed by atoms with Crippen molar-refractivity contribution in [2.45, 2.75) is 31.5 Å². The summed E-state index contributed by atoms with van der Waals surface area (Å²) in [5.74, 6) is 0.111. The molecule has 6 nitrogen and oxygen atoms in total. The first kappa shape index (κ1) is 13.4. The molecule has 2 heterocycles. The number of hydrogen-bond donors (Lipinski definition) is 0. The van der Waals surface area contributed by atoms with Crippen LogP contribution in [0.25, 0.3) is 10.4 Å². The van der Waals surface area contributed by atoms with E-state index in [9.17, 15) is 0 Å². The number of azide groups is 1. The predicted molar refractivity (Wildman–Crippen MR) is 71.8 cm³/mol. The molecule has 2 saturated heterocycles. The molecule has 0 spiro atoms. The van der Waals surface area contributed by atoms with Crippen LogP contribution in [0.15, 0.2) is 35.4 Å². The summed E-state index contributed by atoms with van der Waals surface area (Å²) in [6.07, 6.45) is -0.582. The molecule has 3 rings (SSSR count). The Kier molecular flexibility index (Phi) is 3.89. The van der Waals surface area contributed by atoms with Crippen LogP contribution in [-0.4, -0.2) is 31.5 Å². The lowest BCUT2D eigenvalue weighted by molar-refractivity contribution is -0.291. The van der Waals surface area contributed by atoms with E-state index in [0.717, 1.165) is 5.56 Å². The topological polar surface area (TPSA) is 76.5 Å². The van der Waals surface area contributed by atoms with E-state index in [-0.39, 0.29) is 30.5 Å². The fourth-order valence-corrected chi connectivity index (χ4v) is 2.73. The van der Waals surface area contributed by atoms with Gasteiger partial charge in [-0.3, -0.25) is 0 Å². The van der Waals surface area contributed by atoms with Crippen molar-refractivity contribution in [1.29, 1.82) is 0 Å². The fourth-order valence-electron chi connectivity index (χ4n) is 2.73. The Morgan fingerprint density at radius 2 is 2.00 bits per heavy atom. The van der Waals surface area contributed by atoms with E-state index >= 15 is 0 Å². The van der Waals surface area contributed by atoms with Gasteiger partial charge in [0.05, 0.1) is 25.4 Å². The second kappa shape index (κ2) is 5.81. The minimum Gasteiger partial charge on any atom is -0.373 e. The molecule has 106 valence electrons. The minimum atomic E-state index is -0.381. The standard InChI is InChI=1S/C14H17N3O3/c1-9-11(16-17-15)7-18-12-8-19-14(20-13(9)12)10-5-3-2-4-6-10/h2-6,9,11-14H,7-8H2,1H3/t9-,11?,12?,13+,14?/m1/s1. The lowest BCUT2D eigenvalue weighted by Crippen LogP contribution is -2.53. The molecule has 1 aromatic carbocycles. The van der Waals surface area contributed by atoms with Crippen LogP contribution in [0, 0.1) is 5.92 Å². The maximum Gasteiger partial charge on any atom is 0.184 e. The van der Waals surface area contributed by atoms with Crippen LogP contribution in [0.4, 0.5) is 0 Å². The van der Waals surface area contributed by atoms with Crippen molar-refractivity contribution >= 4 is 0 Å². The summed E-state index contributed by atoms with van der Waals surface area (Å²) in [6, 6.07) is 9.64. The van der Waals surface area contributed by atoms with Gasteiger partial charge in [0.2, 0.25) is 0 Å². The first-order valence-corrected chi connectivity index (χ1v) is 6.77. The molecule has 0 amide bonds. The van der Waals surface area contributed by atoms with Crippen LogP contribution >= 0.6 is 0 Å². The molecule has 5 atom stereocenters. The lowest BCUT2D eigenvalue weighted by atomic mass is 9.89. The molecule has 0 radical (unpaired) electrons. The van der Waals surface area contributed by atoms with E-state index in [1.54, 1.807) is 0 Å². The summed E-state index contributed by atoms with van der Waals surface area (Å²) >= 11 is 0. The normalized spacial score (nSPS) is 36.8. The van der Waals surface area contributed by atoms with Gasteiger partial charge in [-0.2, -0.15) is 0 Å². The zero-order valence-corrected chi connectivity index (χ0v) is 11.3. The van der Waals surface area contributed by atoms with Crippen molar-refractivity contribution < 1.29 is 14.2 Å². The Bertz CT molecular complexity index is 504. The molecule has 3 unspecified atom stereocenters. The maximum absolute atomic E-state index is 8.60. The highest BCUT2D eigenvalue weighted by atomic mass is 16.7. The average molecular weight is 275 g/mol. The Morgan fingerprint density at radius 1 is 1.20 bits per heavy atom. The van der Waals surface area contributed by atoms with Gasteiger partial charge in [-0.25, -0.2) is 0 Å². The molecule has 0 N–H and O–H groups in total. The number of rotatable bonds is 2. The molecule has 2 fully saturated rings. The first-order valence-electron chi connectivity index (χ1n) is 6.77. The molecule has 2 aliphatic heterocycles. The fraction of sp³-hybridized carbons (Fsp3) is 0.571. The van der Waals surface area contributed by atoms with Crippen molar-refractivity contribution in [1.82, 2.24) is 0 Å². The van der Waals surface area contributed by atoms with Crippen LogP contribution in [-0.2, 0) is 14.2 Å². The Hall–Kier alpha value is -1.59. The summed E-state index contributed by atoms with van der Waals surface area (Å²) in [5, 5.41) is 3.79. The Morgan fingerprint density at radius 3 is 2.75 bits per heavy atom. The molecular formula is C14H17N3O3. The highest BCUT2D eigenvalue weighted by Gasteiger charge is 2.43. The number of benzene rings is 1. The van der Waals surface area contributed by atoms with Gasteiger partial charge >= 0.3 is 0 Å². The maximum atomic E-state index is 8.60. The van der Waals surface area contributed by atoms with Crippen molar-refractivity contribution in [3.05, 3.63) is 46.3 Å². The van der Waals surface area contributed by atoms with Gasteiger partial charge in [0, 0.05) is 10.5 Å². The predicted octanol–water partition coefficient (Wildman–Crippen LogP) is 2.81. The van der Waals surface area contributed by atoms with Crippen molar-refractivity contribution in [2.75, 3.05) is 13.2 Å². The van der Waals surface area contributed by atoms with E-state index in [1.165, 1.54) is 0 Å². The Balaban J connectivity index is 1.75. The van der Waals surface area contributed by atoms with Crippen molar-refractivity contribution in [2.24, 2.45) is 11.0 Å². The summed E-state index contributed by atoms with van der Waals surface area (Å²) in [5.41, 5.74) is 9.59. The highest BCUT2D eigenvalue weighted by Crippen LogP contribution is 2.35. The van der Waals surface area contributed by atoms with Crippen LogP contribution in [0.3, 0.4) is 0 Å². The van der Waals surface area contributed by atoms with Crippen LogP contribution < -0.4 is 0 Å². The van der Waals surface area contributed by atoms with Crippen molar-refractivity contribution in [3.8, 4) is 0 Å². The van der Waals surface area contributed by atoms with Crippen LogP contribution in [0.5, 0.6) is 0 Å². The number of ether oxygens (including phenoxy) is 3. The van der Waals surface area contributed by atoms with Crippen molar-refractivity contribution in [3.63, 3.8) is 0 Å². The number of fused-ring (bicyclic) bond motifs is 1. The summed E-state index contributed by atoms with van der Waals surface area (Å²) in [6.45, 7) is 2.96. The first-order chi connectivity index (χ1) is 9.79. The summed E-state index contributed by atoms with van der Waals surface area (Å²) in [7, 11) is 0. The quantitative estimate of drug-likeness (QED) is 0.473. The zero-order valence-electron chi connectivity index (χ0n) is 11.3. The van der Waals surface area contributed by atoms with E-state index in [1.807, 2.05) is 37.3 Å². The van der Waals surface area contributed by atoms with E-state index in [0.29, 0.717) is 13.2 Å². The summed E-state index contributed by atoms with van der Waals surface area (Å²) in [4.78, 5) is 2.88. The summed E-state index contributed by atoms with van der Waals surface area (Å²) < 4.78 is 17.4. The lowest BCUT2D eigenvalue weighted by Gasteiger charge is -2.44. The van der Waals surface area contributed by atoms with Crippen LogP contribution in [0.2, 0.25) is 0 Å². The largest absolute Gasteiger partial charge is 0.373 e. The molecule has 0 bridgehead atoms. The van der Waals surface area contributed by atoms with Gasteiger partial charge < -0.3 is 14.2 Å². The smallest absolute Gasteiger partial charge is 0.184 e. The SMILES string of the molecule is C[C@@H]1C(N=[N+]=[N-])COC2COC(c3ccccc3)O[C@H]21. The number of hydrogen-bond acceptors (Lipinski definition) is 4. The van der Waals surface area contributed by atoms with Gasteiger partial charge in [-0.1, -0.05) is 42.4 Å². The van der Waals surface area contributed by atoms with Gasteiger partial charge in [0.15, 0.2) is 6.29 Å². The second-order valence-electron chi connectivity index (χ2n) is 5.18. The minimum absolute atomic E-state index is 0.0879. The Labute approximate surface area is 117 Å².